The molecule has 5 heteroatoms. The Bertz CT molecular complexity index is 397. The summed E-state index contributed by atoms with van der Waals surface area (Å²) in [6.07, 6.45) is 2.14. The molecule has 100 valence electrons. The third kappa shape index (κ3) is 4.94. The maximum absolute atomic E-state index is 11.8. The van der Waals surface area contributed by atoms with Crippen LogP contribution in [0.5, 0.6) is 0 Å². The number of nitrogens with two attached hydrogens (primary N) is 1. The van der Waals surface area contributed by atoms with Crippen molar-refractivity contribution < 1.29 is 9.53 Å². The van der Waals surface area contributed by atoms with Crippen LogP contribution in [0.4, 0.5) is 5.69 Å². The molecule has 0 spiro atoms. The monoisotopic (exact) mass is 270 g/mol. The number of anilines is 1. The minimum atomic E-state index is -0.230. The quantitative estimate of drug-likeness (QED) is 0.591. The van der Waals surface area contributed by atoms with Gasteiger partial charge in [-0.3, -0.25) is 4.79 Å². The van der Waals surface area contributed by atoms with Crippen LogP contribution in [0.2, 0.25) is 5.02 Å². The highest BCUT2D eigenvalue weighted by molar-refractivity contribution is 6.34. The first-order chi connectivity index (χ1) is 8.65. The summed E-state index contributed by atoms with van der Waals surface area (Å²) in [6, 6.07) is 4.84. The van der Waals surface area contributed by atoms with Crippen LogP contribution in [0.3, 0.4) is 0 Å². The summed E-state index contributed by atoms with van der Waals surface area (Å²) < 4.78 is 5.34. The van der Waals surface area contributed by atoms with Gasteiger partial charge >= 0.3 is 0 Å². The van der Waals surface area contributed by atoms with Crippen LogP contribution in [0, 0.1) is 0 Å². The number of nitrogens with one attached hydrogen (secondary N) is 1. The molecule has 0 unspecified atom stereocenters. The molecule has 0 aliphatic rings. The summed E-state index contributed by atoms with van der Waals surface area (Å²) in [5.74, 6) is -0.230. The van der Waals surface area contributed by atoms with Crippen molar-refractivity contribution in [3.63, 3.8) is 0 Å². The molecule has 0 atom stereocenters. The zero-order chi connectivity index (χ0) is 13.4. The second-order valence-electron chi connectivity index (χ2n) is 3.96. The molecule has 1 rings (SSSR count). The van der Waals surface area contributed by atoms with Crippen molar-refractivity contribution in [1.29, 1.82) is 0 Å². The van der Waals surface area contributed by atoms with Gasteiger partial charge in [0.1, 0.15) is 0 Å². The zero-order valence-electron chi connectivity index (χ0n) is 10.5. The Balaban J connectivity index is 2.34. The molecule has 0 bridgehead atoms. The van der Waals surface area contributed by atoms with Gasteiger partial charge in [0.15, 0.2) is 0 Å². The summed E-state index contributed by atoms with van der Waals surface area (Å²) >= 11 is 5.92. The van der Waals surface area contributed by atoms with E-state index < -0.39 is 0 Å². The van der Waals surface area contributed by atoms with Crippen LogP contribution in [0.15, 0.2) is 18.2 Å². The Morgan fingerprint density at radius 1 is 1.44 bits per heavy atom. The van der Waals surface area contributed by atoms with Crippen LogP contribution >= 0.6 is 11.6 Å². The average molecular weight is 271 g/mol. The third-order valence-corrected chi connectivity index (χ3v) is 2.74. The number of carbonyl (C=O) groups excluding carboxylic acids is 1. The first kappa shape index (κ1) is 14.8. The lowest BCUT2D eigenvalue weighted by Crippen LogP contribution is -2.27. The molecule has 1 amide bonds. The highest BCUT2D eigenvalue weighted by Crippen LogP contribution is 2.18. The van der Waals surface area contributed by atoms with Crippen LogP contribution in [-0.4, -0.2) is 25.7 Å². The van der Waals surface area contributed by atoms with Crippen molar-refractivity contribution in [3.8, 4) is 0 Å². The highest BCUT2D eigenvalue weighted by Gasteiger charge is 2.09. The SMILES string of the molecule is CCCCOCCNC(=O)c1cc(N)ccc1Cl. The van der Waals surface area contributed by atoms with Gasteiger partial charge in [-0.25, -0.2) is 0 Å². The highest BCUT2D eigenvalue weighted by atomic mass is 35.5. The molecule has 0 saturated heterocycles. The van der Waals surface area contributed by atoms with Gasteiger partial charge in [0, 0.05) is 18.8 Å². The van der Waals surface area contributed by atoms with Gasteiger partial charge < -0.3 is 15.8 Å². The fraction of sp³-hybridized carbons (Fsp3) is 0.462. The summed E-state index contributed by atoms with van der Waals surface area (Å²) in [6.45, 7) is 3.80. The van der Waals surface area contributed by atoms with E-state index in [2.05, 4.69) is 12.2 Å². The summed E-state index contributed by atoms with van der Waals surface area (Å²) in [5.41, 5.74) is 6.52. The molecule has 4 nitrogen and oxygen atoms in total. The lowest BCUT2D eigenvalue weighted by molar-refractivity contribution is 0.0913. The molecule has 0 aromatic heterocycles. The van der Waals surface area contributed by atoms with Gasteiger partial charge in [0.25, 0.3) is 5.91 Å². The van der Waals surface area contributed by atoms with Crippen molar-refractivity contribution in [3.05, 3.63) is 28.8 Å². The molecule has 3 N–H and O–H groups in total. The summed E-state index contributed by atoms with van der Waals surface area (Å²) in [4.78, 5) is 11.8. The molecule has 18 heavy (non-hydrogen) atoms. The number of unbranched alkanes of at least 4 members (excludes halogenated alkanes) is 1. The Labute approximate surface area is 112 Å². The van der Waals surface area contributed by atoms with Gasteiger partial charge in [0.05, 0.1) is 17.2 Å². The van der Waals surface area contributed by atoms with Crippen LogP contribution < -0.4 is 11.1 Å². The van der Waals surface area contributed by atoms with E-state index in [9.17, 15) is 4.79 Å². The fourth-order valence-electron chi connectivity index (χ4n) is 1.40. The minimum Gasteiger partial charge on any atom is -0.399 e. The van der Waals surface area contributed by atoms with E-state index in [0.717, 1.165) is 19.4 Å². The molecule has 0 aliphatic heterocycles. The van der Waals surface area contributed by atoms with Crippen LogP contribution in [0.1, 0.15) is 30.1 Å². The Hall–Kier alpha value is -1.26. The number of rotatable bonds is 7. The van der Waals surface area contributed by atoms with Gasteiger partial charge in [0.2, 0.25) is 0 Å². The van der Waals surface area contributed by atoms with E-state index in [-0.39, 0.29) is 5.91 Å². The predicted octanol–water partition coefficient (Wildman–Crippen LogP) is 2.47. The largest absolute Gasteiger partial charge is 0.399 e. The van der Waals surface area contributed by atoms with Crippen molar-refractivity contribution >= 4 is 23.2 Å². The number of ether oxygens (including phenoxy) is 1. The molecule has 0 fully saturated rings. The molecular formula is C13H19ClN2O2. The third-order valence-electron chi connectivity index (χ3n) is 2.41. The maximum Gasteiger partial charge on any atom is 0.252 e. The van der Waals surface area contributed by atoms with E-state index in [0.29, 0.717) is 29.4 Å². The maximum atomic E-state index is 11.8. The molecule has 0 radical (unpaired) electrons. The number of nitrogen functional groups attached to an aromatic ring is 1. The van der Waals surface area contributed by atoms with Gasteiger partial charge in [-0.05, 0) is 24.6 Å². The predicted molar refractivity (Wildman–Crippen MR) is 73.9 cm³/mol. The topological polar surface area (TPSA) is 64.3 Å². The Kier molecular flexibility index (Phi) is 6.54. The molecule has 0 heterocycles. The number of carbonyl (C=O) groups is 1. The zero-order valence-corrected chi connectivity index (χ0v) is 11.3. The smallest absolute Gasteiger partial charge is 0.252 e. The lowest BCUT2D eigenvalue weighted by Gasteiger charge is -2.08. The van der Waals surface area contributed by atoms with E-state index >= 15 is 0 Å². The fourth-order valence-corrected chi connectivity index (χ4v) is 1.60. The standard InChI is InChI=1S/C13H19ClN2O2/c1-2-3-7-18-8-6-16-13(17)11-9-10(15)4-5-12(11)14/h4-5,9H,2-3,6-8,15H2,1H3,(H,16,17). The van der Waals surface area contributed by atoms with Crippen molar-refractivity contribution in [2.24, 2.45) is 0 Å². The molecule has 1 aromatic carbocycles. The number of amides is 1. The minimum absolute atomic E-state index is 0.230. The van der Waals surface area contributed by atoms with E-state index in [1.165, 1.54) is 0 Å². The summed E-state index contributed by atoms with van der Waals surface area (Å²) in [7, 11) is 0. The van der Waals surface area contributed by atoms with E-state index in [4.69, 9.17) is 22.1 Å². The van der Waals surface area contributed by atoms with Crippen molar-refractivity contribution in [2.75, 3.05) is 25.5 Å². The van der Waals surface area contributed by atoms with E-state index in [1.807, 2.05) is 0 Å². The molecule has 0 saturated carbocycles. The van der Waals surface area contributed by atoms with Gasteiger partial charge in [-0.15, -0.1) is 0 Å². The Morgan fingerprint density at radius 2 is 2.22 bits per heavy atom. The average Bonchev–Trinajstić information content (AvgIpc) is 2.36. The van der Waals surface area contributed by atoms with Crippen molar-refractivity contribution in [2.45, 2.75) is 19.8 Å². The number of hydrogen-bond donors (Lipinski definition) is 2. The second kappa shape index (κ2) is 7.95. The molecule has 1 aromatic rings. The van der Waals surface area contributed by atoms with Crippen LogP contribution in [-0.2, 0) is 4.74 Å². The second-order valence-corrected chi connectivity index (χ2v) is 4.37. The Morgan fingerprint density at radius 3 is 2.94 bits per heavy atom. The lowest BCUT2D eigenvalue weighted by atomic mass is 10.2. The number of halogens is 1. The van der Waals surface area contributed by atoms with Crippen LogP contribution in [0.25, 0.3) is 0 Å². The number of benzene rings is 1. The first-order valence-corrected chi connectivity index (χ1v) is 6.44. The normalized spacial score (nSPS) is 10.3. The van der Waals surface area contributed by atoms with E-state index in [1.54, 1.807) is 18.2 Å². The van der Waals surface area contributed by atoms with Crippen molar-refractivity contribution in [1.82, 2.24) is 5.32 Å². The molecular weight excluding hydrogens is 252 g/mol. The number of hydrogen-bond acceptors (Lipinski definition) is 3. The van der Waals surface area contributed by atoms with Gasteiger partial charge in [-0.2, -0.15) is 0 Å². The summed E-state index contributed by atoms with van der Waals surface area (Å²) in [5, 5.41) is 3.14. The molecule has 0 aliphatic carbocycles. The van der Waals surface area contributed by atoms with Gasteiger partial charge in [-0.1, -0.05) is 24.9 Å². The first-order valence-electron chi connectivity index (χ1n) is 6.06.